The normalized spacial score (nSPS) is 22.5. The van der Waals surface area contributed by atoms with Gasteiger partial charge in [-0.2, -0.15) is 0 Å². The molecule has 0 atom stereocenters. The van der Waals surface area contributed by atoms with Gasteiger partial charge in [0.2, 0.25) is 0 Å². The Morgan fingerprint density at radius 2 is 0.533 bits per heavy atom. The number of allylic oxidation sites excluding steroid dienone is 16. The van der Waals surface area contributed by atoms with Crippen LogP contribution in [0.3, 0.4) is 0 Å². The summed E-state index contributed by atoms with van der Waals surface area (Å²) >= 11 is 0. The molecule has 8 rings (SSSR count). The topological polar surface area (TPSA) is 0 Å². The predicted octanol–water partition coefficient (Wildman–Crippen LogP) is 11.8. The molecule has 4 saturated heterocycles. The van der Waals surface area contributed by atoms with Crippen LogP contribution in [0.2, 0.25) is 72.5 Å². The van der Waals surface area contributed by atoms with Gasteiger partial charge in [-0.25, -0.2) is 0 Å². The van der Waals surface area contributed by atoms with Gasteiger partial charge in [0.05, 0.1) is 32.3 Å². The summed E-state index contributed by atoms with van der Waals surface area (Å²) in [6.07, 6.45) is 42.6. The van der Waals surface area contributed by atoms with Crippen molar-refractivity contribution in [1.82, 2.24) is 0 Å². The van der Waals surface area contributed by atoms with E-state index in [1.165, 1.54) is 103 Å². The van der Waals surface area contributed by atoms with E-state index in [4.69, 9.17) is 0 Å². The van der Waals surface area contributed by atoms with Gasteiger partial charge < -0.3 is 24.8 Å². The van der Waals surface area contributed by atoms with Crippen LogP contribution in [0.5, 0.6) is 0 Å². The van der Waals surface area contributed by atoms with E-state index in [2.05, 4.69) is 104 Å². The fourth-order valence-electron chi connectivity index (χ4n) is 11.3. The van der Waals surface area contributed by atoms with Crippen molar-refractivity contribution in [2.75, 3.05) is 0 Å². The summed E-state index contributed by atoms with van der Waals surface area (Å²) in [5.41, 5.74) is 6.37. The molecule has 0 aromatic rings. The zero-order valence-corrected chi connectivity index (χ0v) is 48.8. The van der Waals surface area contributed by atoms with Crippen molar-refractivity contribution in [3.63, 3.8) is 0 Å². The minimum Gasteiger partial charge on any atom is -1.00 e. The Kier molecular flexibility index (Phi) is 28.2. The third kappa shape index (κ3) is 15.4. The monoisotopic (exact) mass is 990 g/mol. The first-order chi connectivity index (χ1) is 27.1. The number of unbranched alkanes of at least 4 members (excludes halogenated alkanes) is 4. The Bertz CT molecular complexity index is 1330. The molecule has 8 heteroatoms. The van der Waals surface area contributed by atoms with Crippen molar-refractivity contribution < 1.29 is 68.2 Å². The molecule has 0 spiro atoms. The number of hydrogen-bond acceptors (Lipinski definition) is 0. The van der Waals surface area contributed by atoms with E-state index in [9.17, 15) is 0 Å². The first-order valence-electron chi connectivity index (χ1n) is 24.6. The summed E-state index contributed by atoms with van der Waals surface area (Å²) in [6.45, 7) is 18.4. The van der Waals surface area contributed by atoms with Crippen LogP contribution in [0.15, 0.2) is 91.7 Å². The van der Waals surface area contributed by atoms with Gasteiger partial charge in [-0.15, -0.1) is 0 Å². The zero-order valence-electron chi connectivity index (χ0n) is 40.2. The van der Waals surface area contributed by atoms with Gasteiger partial charge in [0.15, 0.2) is 0 Å². The predicted molar refractivity (Wildman–Crippen MR) is 265 cm³/mol. The molecule has 0 radical (unpaired) electrons. The number of halogens is 2. The molecular weight excluding hydrogens is 904 g/mol. The smallest absolute Gasteiger partial charge is 0.0862 e. The standard InChI is InChI=1S/4C13H22Si.2ClH.2Ti/c4*1-3-4-8-14(9-5-10-14)13-7-6-12(2)11-13;;;;/h4*7,11H,3-6,8-10H2,1-2H3;2*1H;;/p-2. The second-order valence-electron chi connectivity index (χ2n) is 20.4. The average Bonchev–Trinajstić information content (AvgIpc) is 3.95. The van der Waals surface area contributed by atoms with Crippen molar-refractivity contribution in [2.24, 2.45) is 0 Å². The van der Waals surface area contributed by atoms with Crippen LogP contribution in [0.1, 0.15) is 158 Å². The molecule has 8 aliphatic rings. The van der Waals surface area contributed by atoms with Gasteiger partial charge in [-0.3, -0.25) is 0 Å². The van der Waals surface area contributed by atoms with Crippen LogP contribution in [0, 0.1) is 0 Å². The van der Waals surface area contributed by atoms with Gasteiger partial charge in [-0.05, 0) is 53.4 Å². The van der Waals surface area contributed by atoms with Crippen LogP contribution in [-0.2, 0) is 43.4 Å². The summed E-state index contributed by atoms with van der Waals surface area (Å²) in [5.74, 6) is 0. The van der Waals surface area contributed by atoms with E-state index in [1.807, 2.05) is 20.8 Å². The molecule has 336 valence electrons. The Balaban J connectivity index is 0.000000391. The van der Waals surface area contributed by atoms with Crippen LogP contribution in [0.4, 0.5) is 0 Å². The van der Waals surface area contributed by atoms with E-state index in [0.717, 1.165) is 0 Å². The SMILES string of the molecule is CCCC[Si]1(C2=CCC(C)=C2)CCC1.CCCC[Si]1(C2=CCC(C)=C2)CCC1.CCCC[Si]1(C2=CCC(C)=C2)CCC1.CCCC[Si]1(C2=CCC(C)=C2)CCC1.[Cl-].[Cl-].[Ti].[Ti]. The van der Waals surface area contributed by atoms with Crippen LogP contribution >= 0.6 is 0 Å². The summed E-state index contributed by atoms with van der Waals surface area (Å²) in [4.78, 5) is 0. The molecule has 0 aromatic carbocycles. The molecule has 60 heavy (non-hydrogen) atoms. The maximum atomic E-state index is 2.54. The van der Waals surface area contributed by atoms with Crippen LogP contribution in [-0.4, -0.2) is 32.3 Å². The van der Waals surface area contributed by atoms with Gasteiger partial charge >= 0.3 is 0 Å². The first-order valence-corrected chi connectivity index (χ1v) is 35.1. The molecule has 0 amide bonds. The average molecular weight is 992 g/mol. The molecule has 4 aliphatic carbocycles. The Morgan fingerprint density at radius 1 is 0.350 bits per heavy atom. The molecule has 4 fully saturated rings. The third-order valence-electron chi connectivity index (χ3n) is 15.9. The maximum absolute atomic E-state index is 2.54. The van der Waals surface area contributed by atoms with Crippen molar-refractivity contribution in [2.45, 2.75) is 231 Å². The molecule has 0 saturated carbocycles. The molecule has 0 unspecified atom stereocenters. The second kappa shape index (κ2) is 28.7. The van der Waals surface area contributed by atoms with Crippen molar-refractivity contribution >= 4 is 32.3 Å². The Morgan fingerprint density at radius 3 is 0.633 bits per heavy atom. The first kappa shape index (κ1) is 58.8. The molecule has 0 aromatic heterocycles. The van der Waals surface area contributed by atoms with Gasteiger partial charge in [0.1, 0.15) is 0 Å². The van der Waals surface area contributed by atoms with Gasteiger partial charge in [-0.1, -0.05) is 269 Å². The minimum atomic E-state index is -0.888. The van der Waals surface area contributed by atoms with Crippen molar-refractivity contribution in [3.05, 3.63) is 91.7 Å². The van der Waals surface area contributed by atoms with Crippen molar-refractivity contribution in [1.29, 1.82) is 0 Å². The fraction of sp³-hybridized carbons (Fsp3) is 0.692. The summed E-state index contributed by atoms with van der Waals surface area (Å²) < 4.78 is 0. The molecular formula is C52H88Cl2Si4Ti2-2. The number of hydrogen-bond donors (Lipinski definition) is 0. The Hall–Kier alpha value is 0.796. The molecule has 4 aliphatic heterocycles. The molecule has 0 bridgehead atoms. The second-order valence-corrected chi connectivity index (χ2v) is 38.9. The van der Waals surface area contributed by atoms with E-state index < -0.39 is 32.3 Å². The zero-order chi connectivity index (χ0) is 40.1. The maximum Gasteiger partial charge on any atom is 0.0862 e. The van der Waals surface area contributed by atoms with Gasteiger partial charge in [0.25, 0.3) is 0 Å². The van der Waals surface area contributed by atoms with E-state index in [1.54, 1.807) is 94.8 Å². The Labute approximate surface area is 419 Å². The minimum absolute atomic E-state index is 0. The molecule has 4 heterocycles. The number of rotatable bonds is 16. The van der Waals surface area contributed by atoms with E-state index in [-0.39, 0.29) is 68.2 Å². The van der Waals surface area contributed by atoms with Crippen LogP contribution < -0.4 is 24.8 Å². The summed E-state index contributed by atoms with van der Waals surface area (Å²) in [5, 5.41) is 7.26. The fourth-order valence-corrected chi connectivity index (χ4v) is 30.1. The molecule has 0 N–H and O–H groups in total. The summed E-state index contributed by atoms with van der Waals surface area (Å²) in [6, 6.07) is 19.0. The third-order valence-corrected chi connectivity index (χ3v) is 37.9. The largest absolute Gasteiger partial charge is 1.00 e. The quantitative estimate of drug-likeness (QED) is 0.135. The van der Waals surface area contributed by atoms with Gasteiger partial charge in [0, 0.05) is 43.4 Å². The van der Waals surface area contributed by atoms with Crippen molar-refractivity contribution in [3.8, 4) is 0 Å². The van der Waals surface area contributed by atoms with Crippen LogP contribution in [0.25, 0.3) is 0 Å². The summed E-state index contributed by atoms with van der Waals surface area (Å²) in [7, 11) is -3.55. The molecule has 0 nitrogen and oxygen atoms in total. The van der Waals surface area contributed by atoms with E-state index >= 15 is 0 Å². The van der Waals surface area contributed by atoms with E-state index in [0.29, 0.717) is 0 Å².